The molecule has 150 valence electrons. The Labute approximate surface area is 169 Å². The molecule has 1 aliphatic rings. The number of hydrogen-bond donors (Lipinski definition) is 1. The predicted octanol–water partition coefficient (Wildman–Crippen LogP) is 3.22. The first-order valence-electron chi connectivity index (χ1n) is 9.83. The molecule has 1 N–H and O–H groups in total. The molecule has 1 fully saturated rings. The van der Waals surface area contributed by atoms with Crippen LogP contribution in [0.1, 0.15) is 56.4 Å². The van der Waals surface area contributed by atoms with E-state index in [1.54, 1.807) is 13.1 Å². The van der Waals surface area contributed by atoms with Gasteiger partial charge in [-0.3, -0.25) is 9.59 Å². The highest BCUT2D eigenvalue weighted by atomic mass is 16.5. The van der Waals surface area contributed by atoms with E-state index in [1.165, 1.54) is 0 Å². The Balaban J connectivity index is 1.69. The van der Waals surface area contributed by atoms with Crippen LogP contribution in [-0.2, 0) is 0 Å². The molecule has 1 unspecified atom stereocenters. The lowest BCUT2D eigenvalue weighted by atomic mass is 9.91. The first kappa shape index (κ1) is 19.1. The number of carbonyl (C=O) groups is 2. The second-order valence-electron chi connectivity index (χ2n) is 7.54. The summed E-state index contributed by atoms with van der Waals surface area (Å²) in [5.41, 5.74) is 3.95. The van der Waals surface area contributed by atoms with Crippen molar-refractivity contribution in [1.29, 1.82) is 0 Å². The number of aryl methyl sites for hydroxylation is 2. The van der Waals surface area contributed by atoms with Crippen molar-refractivity contribution >= 4 is 22.9 Å². The third-order valence-corrected chi connectivity index (χ3v) is 5.54. The molecule has 0 bridgehead atoms. The number of nitrogens with zero attached hydrogens (tertiary/aromatic N) is 3. The van der Waals surface area contributed by atoms with Gasteiger partial charge in [-0.2, -0.15) is 0 Å². The maximum atomic E-state index is 13.1. The standard InChI is InChI=1S/C22H24N4O3/c1-13-7-4-5-9-16(13)22(28)26-10-6-8-15(12-26)19-18-17(20(27)23-3)11-14(2)24-21(18)29-25-19/h4-5,7,9,11,15H,6,8,10,12H2,1-3H3,(H,23,27). The van der Waals surface area contributed by atoms with Crippen molar-refractivity contribution in [1.82, 2.24) is 20.4 Å². The summed E-state index contributed by atoms with van der Waals surface area (Å²) in [5.74, 6) is -0.180. The molecule has 3 heterocycles. The number of aromatic nitrogens is 2. The molecule has 1 atom stereocenters. The predicted molar refractivity (Wildman–Crippen MR) is 109 cm³/mol. The summed E-state index contributed by atoms with van der Waals surface area (Å²) < 4.78 is 5.47. The summed E-state index contributed by atoms with van der Waals surface area (Å²) in [4.78, 5) is 31.8. The Kier molecular flexibility index (Phi) is 5.05. The first-order valence-corrected chi connectivity index (χ1v) is 9.83. The van der Waals surface area contributed by atoms with Crippen LogP contribution < -0.4 is 5.32 Å². The number of pyridine rings is 1. The molecule has 29 heavy (non-hydrogen) atoms. The molecule has 2 amide bonds. The number of rotatable bonds is 3. The van der Waals surface area contributed by atoms with Crippen molar-refractivity contribution in [2.75, 3.05) is 20.1 Å². The van der Waals surface area contributed by atoms with Gasteiger partial charge in [0.2, 0.25) is 0 Å². The van der Waals surface area contributed by atoms with E-state index in [9.17, 15) is 9.59 Å². The molecule has 1 saturated heterocycles. The van der Waals surface area contributed by atoms with Gasteiger partial charge in [-0.05, 0) is 44.4 Å². The number of fused-ring (bicyclic) bond motifs is 1. The number of piperidine rings is 1. The smallest absolute Gasteiger partial charge is 0.259 e. The fourth-order valence-electron chi connectivity index (χ4n) is 4.06. The van der Waals surface area contributed by atoms with E-state index >= 15 is 0 Å². The second-order valence-corrected chi connectivity index (χ2v) is 7.54. The van der Waals surface area contributed by atoms with E-state index in [1.807, 2.05) is 43.0 Å². The maximum Gasteiger partial charge on any atom is 0.259 e. The van der Waals surface area contributed by atoms with Crippen molar-refractivity contribution in [3.63, 3.8) is 0 Å². The normalized spacial score (nSPS) is 16.8. The molecule has 1 aliphatic heterocycles. The van der Waals surface area contributed by atoms with Gasteiger partial charge in [0.15, 0.2) is 0 Å². The SMILES string of the molecule is CNC(=O)c1cc(C)nc2onc(C3CCCN(C(=O)c4ccccc4C)C3)c12. The van der Waals surface area contributed by atoms with Gasteiger partial charge in [-0.15, -0.1) is 0 Å². The van der Waals surface area contributed by atoms with Crippen molar-refractivity contribution in [3.05, 3.63) is 58.4 Å². The lowest BCUT2D eigenvalue weighted by molar-refractivity contribution is 0.0704. The Morgan fingerprint density at radius 3 is 2.76 bits per heavy atom. The second kappa shape index (κ2) is 7.66. The molecule has 0 spiro atoms. The largest absolute Gasteiger partial charge is 0.355 e. The zero-order valence-corrected chi connectivity index (χ0v) is 16.9. The number of benzene rings is 1. The van der Waals surface area contributed by atoms with Crippen LogP contribution in [0.25, 0.3) is 11.1 Å². The Hall–Kier alpha value is -3.22. The molecule has 7 nitrogen and oxygen atoms in total. The molecule has 1 aromatic carbocycles. The van der Waals surface area contributed by atoms with Gasteiger partial charge >= 0.3 is 0 Å². The molecule has 7 heteroatoms. The van der Waals surface area contributed by atoms with Gasteiger partial charge in [0.1, 0.15) is 0 Å². The van der Waals surface area contributed by atoms with Gasteiger partial charge in [0, 0.05) is 37.3 Å². The van der Waals surface area contributed by atoms with Crippen molar-refractivity contribution < 1.29 is 14.1 Å². The number of hydrogen-bond acceptors (Lipinski definition) is 5. The molecule has 0 radical (unpaired) electrons. The summed E-state index contributed by atoms with van der Waals surface area (Å²) in [6.45, 7) is 5.01. The summed E-state index contributed by atoms with van der Waals surface area (Å²) in [6.07, 6.45) is 1.74. The molecule has 3 aromatic rings. The number of carbonyl (C=O) groups excluding carboxylic acids is 2. The van der Waals surface area contributed by atoms with E-state index in [4.69, 9.17) is 4.52 Å². The molecular formula is C22H24N4O3. The van der Waals surface area contributed by atoms with Gasteiger partial charge in [-0.25, -0.2) is 4.98 Å². The quantitative estimate of drug-likeness (QED) is 0.739. The van der Waals surface area contributed by atoms with E-state index in [-0.39, 0.29) is 17.7 Å². The van der Waals surface area contributed by atoms with Gasteiger partial charge < -0.3 is 14.7 Å². The van der Waals surface area contributed by atoms with Crippen LogP contribution in [-0.4, -0.2) is 47.0 Å². The first-order chi connectivity index (χ1) is 14.0. The van der Waals surface area contributed by atoms with Gasteiger partial charge in [0.05, 0.1) is 16.6 Å². The highest BCUT2D eigenvalue weighted by molar-refractivity contribution is 6.06. The van der Waals surface area contributed by atoms with Crippen LogP contribution >= 0.6 is 0 Å². The minimum absolute atomic E-state index is 0.00844. The lowest BCUT2D eigenvalue weighted by Crippen LogP contribution is -2.39. The Morgan fingerprint density at radius 1 is 1.21 bits per heavy atom. The summed E-state index contributed by atoms with van der Waals surface area (Å²) in [6, 6.07) is 9.38. The summed E-state index contributed by atoms with van der Waals surface area (Å²) in [5, 5.41) is 7.58. The minimum atomic E-state index is -0.200. The zero-order chi connectivity index (χ0) is 20.5. The number of amides is 2. The average Bonchev–Trinajstić information content (AvgIpc) is 3.16. The van der Waals surface area contributed by atoms with Crippen LogP contribution in [0.5, 0.6) is 0 Å². The Bertz CT molecular complexity index is 1090. The lowest BCUT2D eigenvalue weighted by Gasteiger charge is -2.32. The molecule has 4 rings (SSSR count). The minimum Gasteiger partial charge on any atom is -0.355 e. The van der Waals surface area contributed by atoms with Crippen molar-refractivity contribution in [2.45, 2.75) is 32.6 Å². The zero-order valence-electron chi connectivity index (χ0n) is 16.9. The molecule has 0 aliphatic carbocycles. The topological polar surface area (TPSA) is 88.3 Å². The van der Waals surface area contributed by atoms with Gasteiger partial charge in [-0.1, -0.05) is 23.4 Å². The third kappa shape index (κ3) is 3.48. The summed E-state index contributed by atoms with van der Waals surface area (Å²) >= 11 is 0. The Morgan fingerprint density at radius 2 is 2.00 bits per heavy atom. The van der Waals surface area contributed by atoms with Crippen LogP contribution in [0.3, 0.4) is 0 Å². The monoisotopic (exact) mass is 392 g/mol. The summed E-state index contributed by atoms with van der Waals surface area (Å²) in [7, 11) is 1.60. The number of likely N-dealkylation sites (tertiary alicyclic amines) is 1. The molecule has 2 aromatic heterocycles. The van der Waals surface area contributed by atoms with Crippen LogP contribution in [0, 0.1) is 13.8 Å². The number of nitrogens with one attached hydrogen (secondary N) is 1. The van der Waals surface area contributed by atoms with Crippen LogP contribution in [0.2, 0.25) is 0 Å². The fourth-order valence-corrected chi connectivity index (χ4v) is 4.06. The molecule has 0 saturated carbocycles. The van der Waals surface area contributed by atoms with Crippen LogP contribution in [0.15, 0.2) is 34.9 Å². The van der Waals surface area contributed by atoms with Crippen molar-refractivity contribution in [3.8, 4) is 0 Å². The highest BCUT2D eigenvalue weighted by Gasteiger charge is 2.31. The fraction of sp³-hybridized carbons (Fsp3) is 0.364. The van der Waals surface area contributed by atoms with Crippen molar-refractivity contribution in [2.24, 2.45) is 0 Å². The van der Waals surface area contributed by atoms with E-state index < -0.39 is 0 Å². The van der Waals surface area contributed by atoms with Gasteiger partial charge in [0.25, 0.3) is 17.5 Å². The van der Waals surface area contributed by atoms with E-state index in [0.717, 1.165) is 24.0 Å². The van der Waals surface area contributed by atoms with E-state index in [2.05, 4.69) is 15.5 Å². The highest BCUT2D eigenvalue weighted by Crippen LogP contribution is 2.33. The van der Waals surface area contributed by atoms with Crippen LogP contribution in [0.4, 0.5) is 0 Å². The van der Waals surface area contributed by atoms with E-state index in [0.29, 0.717) is 41.1 Å². The maximum absolute atomic E-state index is 13.1. The average molecular weight is 392 g/mol. The third-order valence-electron chi connectivity index (χ3n) is 5.54. The molecular weight excluding hydrogens is 368 g/mol.